The van der Waals surface area contributed by atoms with Crippen molar-refractivity contribution in [1.29, 1.82) is 0 Å². The molecular formula is C18H24N3O5+. The molecular weight excluding hydrogens is 338 g/mol. The smallest absolute Gasteiger partial charge is 0.356 e. The molecule has 2 heterocycles. The molecule has 1 aromatic carbocycles. The van der Waals surface area contributed by atoms with Gasteiger partial charge in [-0.25, -0.2) is 4.79 Å². The molecule has 1 saturated heterocycles. The molecule has 0 aliphatic carbocycles. The number of quaternary nitrogens is 1. The SMILES string of the molecule is CCOC(=O)c1[nH]c2ccc(OC)cc2c1NC(=O)C[NH+]1CCOCC1. The van der Waals surface area contributed by atoms with Gasteiger partial charge in [0.2, 0.25) is 0 Å². The van der Waals surface area contributed by atoms with Crippen LogP contribution in [0, 0.1) is 0 Å². The van der Waals surface area contributed by atoms with Gasteiger partial charge >= 0.3 is 5.97 Å². The number of hydrogen-bond donors (Lipinski definition) is 3. The largest absolute Gasteiger partial charge is 0.497 e. The summed E-state index contributed by atoms with van der Waals surface area (Å²) in [5.74, 6) is -0.0194. The summed E-state index contributed by atoms with van der Waals surface area (Å²) in [6.45, 7) is 5.20. The summed E-state index contributed by atoms with van der Waals surface area (Å²) in [6, 6.07) is 5.38. The average molecular weight is 362 g/mol. The summed E-state index contributed by atoms with van der Waals surface area (Å²) in [7, 11) is 1.57. The van der Waals surface area contributed by atoms with Gasteiger partial charge in [0.15, 0.2) is 6.54 Å². The van der Waals surface area contributed by atoms with Crippen LogP contribution in [-0.2, 0) is 14.3 Å². The molecule has 1 aliphatic heterocycles. The van der Waals surface area contributed by atoms with Crippen LogP contribution in [0.3, 0.4) is 0 Å². The number of aromatic nitrogens is 1. The molecule has 0 unspecified atom stereocenters. The lowest BCUT2D eigenvalue weighted by molar-refractivity contribution is -0.899. The van der Waals surface area contributed by atoms with Gasteiger partial charge in [0.25, 0.3) is 5.91 Å². The molecule has 0 radical (unpaired) electrons. The summed E-state index contributed by atoms with van der Waals surface area (Å²) in [5, 5.41) is 3.59. The molecule has 2 aromatic rings. The Balaban J connectivity index is 1.88. The molecule has 3 rings (SSSR count). The van der Waals surface area contributed by atoms with E-state index in [1.165, 1.54) is 0 Å². The highest BCUT2D eigenvalue weighted by atomic mass is 16.5. The summed E-state index contributed by atoms with van der Waals surface area (Å²) < 4.78 is 15.7. The van der Waals surface area contributed by atoms with Crippen molar-refractivity contribution < 1.29 is 28.7 Å². The fourth-order valence-electron chi connectivity index (χ4n) is 3.03. The van der Waals surface area contributed by atoms with Crippen molar-refractivity contribution in [3.8, 4) is 5.75 Å². The first-order valence-electron chi connectivity index (χ1n) is 8.70. The average Bonchev–Trinajstić information content (AvgIpc) is 3.00. The van der Waals surface area contributed by atoms with Gasteiger partial charge in [-0.15, -0.1) is 0 Å². The number of carbonyl (C=O) groups is 2. The highest BCUT2D eigenvalue weighted by Crippen LogP contribution is 2.31. The number of nitrogens with one attached hydrogen (secondary N) is 3. The maximum Gasteiger partial charge on any atom is 0.356 e. The molecule has 0 spiro atoms. The van der Waals surface area contributed by atoms with Crippen LogP contribution < -0.4 is 15.0 Å². The van der Waals surface area contributed by atoms with Gasteiger partial charge in [-0.05, 0) is 25.1 Å². The highest BCUT2D eigenvalue weighted by Gasteiger charge is 2.23. The Hall–Kier alpha value is -2.58. The van der Waals surface area contributed by atoms with Crippen LogP contribution in [0.15, 0.2) is 18.2 Å². The number of esters is 1. The summed E-state index contributed by atoms with van der Waals surface area (Å²) in [4.78, 5) is 29.0. The predicted octanol–water partition coefficient (Wildman–Crippen LogP) is 0.207. The van der Waals surface area contributed by atoms with Gasteiger partial charge in [0.1, 0.15) is 24.5 Å². The number of amides is 1. The van der Waals surface area contributed by atoms with Gasteiger partial charge < -0.3 is 29.4 Å². The minimum atomic E-state index is -0.503. The number of methoxy groups -OCH3 is 1. The van der Waals surface area contributed by atoms with Crippen LogP contribution in [0.5, 0.6) is 5.75 Å². The lowest BCUT2D eigenvalue weighted by atomic mass is 10.2. The quantitative estimate of drug-likeness (QED) is 0.639. The number of carbonyl (C=O) groups excluding carboxylic acids is 2. The Morgan fingerprint density at radius 1 is 1.31 bits per heavy atom. The number of fused-ring (bicyclic) bond motifs is 1. The van der Waals surface area contributed by atoms with Crippen molar-refractivity contribution >= 4 is 28.5 Å². The second kappa shape index (κ2) is 8.20. The van der Waals surface area contributed by atoms with E-state index in [9.17, 15) is 9.59 Å². The maximum atomic E-state index is 12.5. The standard InChI is InChI=1S/C18H23N3O5/c1-3-26-18(23)17-16(13-10-12(24-2)4-5-14(13)19-17)20-15(22)11-21-6-8-25-9-7-21/h4-5,10,19H,3,6-9,11H2,1-2H3,(H,20,22)/p+1. The second-order valence-electron chi connectivity index (χ2n) is 6.09. The molecule has 1 aliphatic rings. The molecule has 3 N–H and O–H groups in total. The number of aromatic amines is 1. The number of hydrogen-bond acceptors (Lipinski definition) is 5. The third-order valence-corrected chi connectivity index (χ3v) is 4.36. The molecule has 140 valence electrons. The topological polar surface area (TPSA) is 94.1 Å². The Morgan fingerprint density at radius 2 is 2.08 bits per heavy atom. The van der Waals surface area contributed by atoms with Crippen molar-refractivity contribution in [2.45, 2.75) is 6.92 Å². The molecule has 0 atom stereocenters. The second-order valence-corrected chi connectivity index (χ2v) is 6.09. The van der Waals surface area contributed by atoms with Crippen molar-refractivity contribution in [3.63, 3.8) is 0 Å². The molecule has 1 aromatic heterocycles. The van der Waals surface area contributed by atoms with Crippen LogP contribution in [0.25, 0.3) is 10.9 Å². The van der Waals surface area contributed by atoms with E-state index in [1.54, 1.807) is 32.2 Å². The normalized spacial score (nSPS) is 15.0. The minimum absolute atomic E-state index is 0.156. The fourth-order valence-corrected chi connectivity index (χ4v) is 3.03. The number of rotatable bonds is 6. The summed E-state index contributed by atoms with van der Waals surface area (Å²) in [5.41, 5.74) is 1.39. The van der Waals surface area contributed by atoms with Crippen LogP contribution in [-0.4, -0.2) is 63.4 Å². The van der Waals surface area contributed by atoms with Crippen LogP contribution >= 0.6 is 0 Å². The number of morpholine rings is 1. The van der Waals surface area contributed by atoms with Gasteiger partial charge in [0.05, 0.1) is 32.6 Å². The zero-order valence-corrected chi connectivity index (χ0v) is 15.0. The lowest BCUT2D eigenvalue weighted by Crippen LogP contribution is -3.15. The Morgan fingerprint density at radius 3 is 2.77 bits per heavy atom. The Labute approximate surface area is 151 Å². The van der Waals surface area contributed by atoms with E-state index >= 15 is 0 Å². The molecule has 8 nitrogen and oxygen atoms in total. The van der Waals surface area contributed by atoms with Crippen LogP contribution in [0.2, 0.25) is 0 Å². The number of anilines is 1. The first kappa shape index (κ1) is 18.2. The van der Waals surface area contributed by atoms with Crippen LogP contribution in [0.4, 0.5) is 5.69 Å². The van der Waals surface area contributed by atoms with E-state index in [1.807, 2.05) is 0 Å². The molecule has 1 fully saturated rings. The van der Waals surface area contributed by atoms with Crippen molar-refractivity contribution in [2.24, 2.45) is 0 Å². The summed E-state index contributed by atoms with van der Waals surface area (Å²) >= 11 is 0. The molecule has 1 amide bonds. The molecule has 0 bridgehead atoms. The zero-order chi connectivity index (χ0) is 18.5. The fraction of sp³-hybridized carbons (Fsp3) is 0.444. The van der Waals surface area contributed by atoms with E-state index in [-0.39, 0.29) is 18.2 Å². The zero-order valence-electron chi connectivity index (χ0n) is 15.0. The molecule has 0 saturated carbocycles. The molecule has 8 heteroatoms. The first-order chi connectivity index (χ1) is 12.6. The van der Waals surface area contributed by atoms with Gasteiger partial charge in [0, 0.05) is 10.9 Å². The maximum absolute atomic E-state index is 12.5. The van der Waals surface area contributed by atoms with Gasteiger partial charge in [-0.3, -0.25) is 4.79 Å². The lowest BCUT2D eigenvalue weighted by Gasteiger charge is -2.23. The number of benzene rings is 1. The van der Waals surface area contributed by atoms with E-state index in [0.717, 1.165) is 23.5 Å². The summed E-state index contributed by atoms with van der Waals surface area (Å²) in [6.07, 6.45) is 0. The Kier molecular flexibility index (Phi) is 5.75. The molecule has 26 heavy (non-hydrogen) atoms. The van der Waals surface area contributed by atoms with Crippen molar-refractivity contribution in [1.82, 2.24) is 4.98 Å². The van der Waals surface area contributed by atoms with Gasteiger partial charge in [-0.2, -0.15) is 0 Å². The predicted molar refractivity (Wildman–Crippen MR) is 95.8 cm³/mol. The van der Waals surface area contributed by atoms with E-state index in [2.05, 4.69) is 10.3 Å². The van der Waals surface area contributed by atoms with E-state index in [4.69, 9.17) is 14.2 Å². The number of H-pyrrole nitrogens is 1. The third-order valence-electron chi connectivity index (χ3n) is 4.36. The van der Waals surface area contributed by atoms with Crippen LogP contribution in [0.1, 0.15) is 17.4 Å². The van der Waals surface area contributed by atoms with Crippen molar-refractivity contribution in [3.05, 3.63) is 23.9 Å². The van der Waals surface area contributed by atoms with E-state index in [0.29, 0.717) is 36.6 Å². The first-order valence-corrected chi connectivity index (χ1v) is 8.70. The minimum Gasteiger partial charge on any atom is -0.497 e. The van der Waals surface area contributed by atoms with E-state index < -0.39 is 5.97 Å². The highest BCUT2D eigenvalue weighted by molar-refractivity contribution is 6.11. The number of ether oxygens (including phenoxy) is 3. The Bertz CT molecular complexity index is 795. The van der Waals surface area contributed by atoms with Gasteiger partial charge in [-0.1, -0.05) is 0 Å². The monoisotopic (exact) mass is 362 g/mol. The van der Waals surface area contributed by atoms with Crippen molar-refractivity contribution in [2.75, 3.05) is 51.9 Å². The third kappa shape index (κ3) is 3.97.